The number of ether oxygens (including phenoxy) is 1. The molecular weight excluding hydrogens is 262 g/mol. The van der Waals surface area contributed by atoms with Crippen LogP contribution in [0.4, 0.5) is 0 Å². The topological polar surface area (TPSA) is 38.3 Å². The lowest BCUT2D eigenvalue weighted by Gasteiger charge is -2.23. The van der Waals surface area contributed by atoms with Crippen LogP contribution >= 0.6 is 11.6 Å². The molecule has 0 fully saturated rings. The Bertz CT molecular complexity index is 479. The maximum atomic E-state index is 12.1. The van der Waals surface area contributed by atoms with Crippen LogP contribution in [0, 0.1) is 5.92 Å². The van der Waals surface area contributed by atoms with Crippen LogP contribution in [-0.2, 0) is 9.53 Å². The number of hydrogen-bond acceptors (Lipinski definition) is 2. The molecule has 1 unspecified atom stereocenters. The number of halogens is 1. The lowest BCUT2D eigenvalue weighted by Crippen LogP contribution is -2.32. The summed E-state index contributed by atoms with van der Waals surface area (Å²) < 4.78 is 5.10. The first kappa shape index (κ1) is 13.9. The number of benzene rings is 1. The first-order chi connectivity index (χ1) is 9.08. The molecule has 0 radical (unpaired) electrons. The van der Waals surface area contributed by atoms with Gasteiger partial charge in [0.05, 0.1) is 24.5 Å². The van der Waals surface area contributed by atoms with Gasteiger partial charge in [-0.15, -0.1) is 0 Å². The quantitative estimate of drug-likeness (QED) is 0.917. The molecule has 1 aliphatic rings. The summed E-state index contributed by atoms with van der Waals surface area (Å²) in [7, 11) is 0. The molecule has 3 nitrogen and oxygen atoms in total. The average Bonchev–Trinajstić information content (AvgIpc) is 2.90. The van der Waals surface area contributed by atoms with Crippen molar-refractivity contribution in [1.82, 2.24) is 5.32 Å². The number of carbonyl (C=O) groups excluding carboxylic acids is 1. The zero-order chi connectivity index (χ0) is 13.8. The smallest absolute Gasteiger partial charge is 0.250 e. The summed E-state index contributed by atoms with van der Waals surface area (Å²) in [5.74, 6) is 0.249. The molecular formula is C15H18ClNO2. The van der Waals surface area contributed by atoms with Gasteiger partial charge in [0.1, 0.15) is 0 Å². The molecule has 1 amide bonds. The zero-order valence-corrected chi connectivity index (χ0v) is 11.9. The van der Waals surface area contributed by atoms with Gasteiger partial charge in [0.2, 0.25) is 0 Å². The second-order valence-electron chi connectivity index (χ2n) is 5.01. The third-order valence-corrected chi connectivity index (χ3v) is 3.44. The molecule has 1 heterocycles. The molecule has 1 aliphatic heterocycles. The van der Waals surface area contributed by atoms with E-state index in [-0.39, 0.29) is 11.9 Å². The van der Waals surface area contributed by atoms with E-state index in [9.17, 15) is 4.79 Å². The summed E-state index contributed by atoms with van der Waals surface area (Å²) >= 11 is 5.89. The van der Waals surface area contributed by atoms with E-state index >= 15 is 0 Å². The summed E-state index contributed by atoms with van der Waals surface area (Å²) in [6.45, 7) is 4.76. The highest BCUT2D eigenvalue weighted by atomic mass is 35.5. The normalized spacial score (nSPS) is 15.9. The molecule has 4 heteroatoms. The fourth-order valence-electron chi connectivity index (χ4n) is 2.09. The van der Waals surface area contributed by atoms with Crippen LogP contribution in [0.5, 0.6) is 0 Å². The molecule has 1 aromatic carbocycles. The van der Waals surface area contributed by atoms with Crippen molar-refractivity contribution in [3.05, 3.63) is 46.7 Å². The maximum Gasteiger partial charge on any atom is 0.250 e. The average molecular weight is 280 g/mol. The SMILES string of the molecule is CC(C)C(NC(=O)C1=COCC1)c1ccc(Cl)cc1. The molecule has 0 saturated carbocycles. The van der Waals surface area contributed by atoms with E-state index in [0.717, 1.165) is 5.56 Å². The summed E-state index contributed by atoms with van der Waals surface area (Å²) in [5, 5.41) is 3.76. The predicted molar refractivity (Wildman–Crippen MR) is 75.8 cm³/mol. The molecule has 0 aliphatic carbocycles. The van der Waals surface area contributed by atoms with Crippen LogP contribution in [0.2, 0.25) is 5.02 Å². The second-order valence-corrected chi connectivity index (χ2v) is 5.45. The van der Waals surface area contributed by atoms with Gasteiger partial charge in [-0.05, 0) is 23.6 Å². The fourth-order valence-corrected chi connectivity index (χ4v) is 2.22. The number of carbonyl (C=O) groups is 1. The number of amides is 1. The minimum atomic E-state index is -0.0499. The molecule has 1 N–H and O–H groups in total. The van der Waals surface area contributed by atoms with Crippen molar-refractivity contribution in [2.45, 2.75) is 26.3 Å². The third-order valence-electron chi connectivity index (χ3n) is 3.19. The minimum absolute atomic E-state index is 0.0220. The van der Waals surface area contributed by atoms with Crippen LogP contribution in [0.15, 0.2) is 36.1 Å². The van der Waals surface area contributed by atoms with Crippen LogP contribution in [0.3, 0.4) is 0 Å². The molecule has 2 rings (SSSR count). The minimum Gasteiger partial charge on any atom is -0.500 e. The van der Waals surface area contributed by atoms with E-state index in [1.54, 1.807) is 6.26 Å². The van der Waals surface area contributed by atoms with Crippen molar-refractivity contribution < 1.29 is 9.53 Å². The van der Waals surface area contributed by atoms with Crippen LogP contribution in [0.25, 0.3) is 0 Å². The van der Waals surface area contributed by atoms with Crippen LogP contribution in [0.1, 0.15) is 31.9 Å². The lowest BCUT2D eigenvalue weighted by molar-refractivity contribution is -0.118. The van der Waals surface area contributed by atoms with Crippen LogP contribution < -0.4 is 5.32 Å². The summed E-state index contributed by atoms with van der Waals surface area (Å²) in [4.78, 5) is 12.1. The van der Waals surface area contributed by atoms with Gasteiger partial charge >= 0.3 is 0 Å². The Labute approximate surface area is 118 Å². The van der Waals surface area contributed by atoms with Crippen LogP contribution in [-0.4, -0.2) is 12.5 Å². The van der Waals surface area contributed by atoms with Crippen molar-refractivity contribution in [2.75, 3.05) is 6.61 Å². The van der Waals surface area contributed by atoms with Gasteiger partial charge in [-0.2, -0.15) is 0 Å². The summed E-state index contributed by atoms with van der Waals surface area (Å²) in [6, 6.07) is 7.57. The second kappa shape index (κ2) is 6.11. The van der Waals surface area contributed by atoms with Crippen molar-refractivity contribution in [3.63, 3.8) is 0 Å². The standard InChI is InChI=1S/C15H18ClNO2/c1-10(2)14(11-3-5-13(16)6-4-11)17-15(18)12-7-8-19-9-12/h3-6,9-10,14H,7-8H2,1-2H3,(H,17,18). The Morgan fingerprint density at radius 2 is 2.00 bits per heavy atom. The molecule has 0 bridgehead atoms. The van der Waals surface area contributed by atoms with E-state index in [0.29, 0.717) is 29.5 Å². The third kappa shape index (κ3) is 3.51. The van der Waals surface area contributed by atoms with E-state index < -0.39 is 0 Å². The van der Waals surface area contributed by atoms with E-state index in [4.69, 9.17) is 16.3 Å². The zero-order valence-electron chi connectivity index (χ0n) is 11.2. The summed E-state index contributed by atoms with van der Waals surface area (Å²) in [5.41, 5.74) is 1.77. The molecule has 1 atom stereocenters. The number of rotatable bonds is 4. The molecule has 1 aromatic rings. The fraction of sp³-hybridized carbons (Fsp3) is 0.400. The largest absolute Gasteiger partial charge is 0.500 e. The van der Waals surface area contributed by atoms with Gasteiger partial charge in [-0.3, -0.25) is 4.79 Å². The van der Waals surface area contributed by atoms with Gasteiger partial charge in [-0.1, -0.05) is 37.6 Å². The van der Waals surface area contributed by atoms with Gasteiger partial charge in [-0.25, -0.2) is 0 Å². The van der Waals surface area contributed by atoms with Gasteiger partial charge in [0.15, 0.2) is 0 Å². The van der Waals surface area contributed by atoms with E-state index in [2.05, 4.69) is 19.2 Å². The first-order valence-electron chi connectivity index (χ1n) is 6.45. The monoisotopic (exact) mass is 279 g/mol. The maximum absolute atomic E-state index is 12.1. The van der Waals surface area contributed by atoms with E-state index in [1.165, 1.54) is 0 Å². The Kier molecular flexibility index (Phi) is 4.48. The van der Waals surface area contributed by atoms with Gasteiger partial charge in [0.25, 0.3) is 5.91 Å². The van der Waals surface area contributed by atoms with Crippen molar-refractivity contribution in [2.24, 2.45) is 5.92 Å². The Hall–Kier alpha value is -1.48. The summed E-state index contributed by atoms with van der Waals surface area (Å²) in [6.07, 6.45) is 2.23. The van der Waals surface area contributed by atoms with Gasteiger partial charge < -0.3 is 10.1 Å². The van der Waals surface area contributed by atoms with Crippen molar-refractivity contribution in [3.8, 4) is 0 Å². The number of hydrogen-bond donors (Lipinski definition) is 1. The highest BCUT2D eigenvalue weighted by Gasteiger charge is 2.22. The Morgan fingerprint density at radius 3 is 2.53 bits per heavy atom. The predicted octanol–water partition coefficient (Wildman–Crippen LogP) is 3.46. The first-order valence-corrected chi connectivity index (χ1v) is 6.82. The molecule has 0 saturated heterocycles. The van der Waals surface area contributed by atoms with E-state index in [1.807, 2.05) is 24.3 Å². The molecule has 0 spiro atoms. The van der Waals surface area contributed by atoms with Crippen molar-refractivity contribution in [1.29, 1.82) is 0 Å². The molecule has 102 valence electrons. The van der Waals surface area contributed by atoms with Crippen molar-refractivity contribution >= 4 is 17.5 Å². The Morgan fingerprint density at radius 1 is 1.32 bits per heavy atom. The molecule has 19 heavy (non-hydrogen) atoms. The molecule has 0 aromatic heterocycles. The lowest BCUT2D eigenvalue weighted by atomic mass is 9.95. The Balaban J connectivity index is 2.12. The number of nitrogens with one attached hydrogen (secondary N) is 1. The highest BCUT2D eigenvalue weighted by Crippen LogP contribution is 2.24. The van der Waals surface area contributed by atoms with Gasteiger partial charge in [0, 0.05) is 11.4 Å². The highest BCUT2D eigenvalue weighted by molar-refractivity contribution is 6.30.